The molecule has 0 fully saturated rings. The molecule has 0 aliphatic carbocycles. The van der Waals surface area contributed by atoms with Crippen LogP contribution in [0.15, 0.2) is 53.4 Å². The van der Waals surface area contributed by atoms with Crippen LogP contribution in [0.3, 0.4) is 0 Å². The van der Waals surface area contributed by atoms with E-state index < -0.39 is 17.9 Å². The topological polar surface area (TPSA) is 57.5 Å². The largest absolute Gasteiger partial charge is 0.478 e. The summed E-state index contributed by atoms with van der Waals surface area (Å²) in [6, 6.07) is 13.1. The second kappa shape index (κ2) is 6.54. The lowest BCUT2D eigenvalue weighted by atomic mass is 10.1. The number of aromatic carboxylic acids is 1. The van der Waals surface area contributed by atoms with Crippen molar-refractivity contribution in [3.05, 3.63) is 65.5 Å². The van der Waals surface area contributed by atoms with Gasteiger partial charge in [-0.05, 0) is 23.8 Å². The Bertz CT molecular complexity index is 601. The number of hydrogen-bond acceptors (Lipinski definition) is 3. The summed E-state index contributed by atoms with van der Waals surface area (Å²) in [6.45, 7) is 0. The molecule has 0 spiro atoms. The third kappa shape index (κ3) is 3.59. The number of rotatable bonds is 5. The number of carbonyl (C=O) groups is 1. The summed E-state index contributed by atoms with van der Waals surface area (Å²) in [5.74, 6) is -1.69. The summed E-state index contributed by atoms with van der Waals surface area (Å²) in [7, 11) is 0. The lowest BCUT2D eigenvalue weighted by Crippen LogP contribution is -2.02. The molecule has 0 saturated carbocycles. The molecular weight excluding hydrogens is 279 g/mol. The monoisotopic (exact) mass is 292 g/mol. The molecule has 1 atom stereocenters. The maximum atomic E-state index is 13.2. The van der Waals surface area contributed by atoms with Gasteiger partial charge in [0.05, 0.1) is 11.7 Å². The SMILES string of the molecule is O=C(O)c1cc(SCC(O)c2ccccc2)ccc1F. The van der Waals surface area contributed by atoms with E-state index in [1.54, 1.807) is 0 Å². The van der Waals surface area contributed by atoms with Crippen LogP contribution in [-0.2, 0) is 0 Å². The fraction of sp³-hybridized carbons (Fsp3) is 0.133. The molecule has 0 saturated heterocycles. The Kier molecular flexibility index (Phi) is 4.76. The van der Waals surface area contributed by atoms with Gasteiger partial charge in [0.1, 0.15) is 5.82 Å². The molecule has 0 bridgehead atoms. The standard InChI is InChI=1S/C15H13FO3S/c16-13-7-6-11(8-12(13)15(18)19)20-9-14(17)10-4-2-1-3-5-10/h1-8,14,17H,9H2,(H,18,19). The van der Waals surface area contributed by atoms with Crippen molar-refractivity contribution in [3.63, 3.8) is 0 Å². The maximum absolute atomic E-state index is 13.2. The van der Waals surface area contributed by atoms with Gasteiger partial charge in [-0.25, -0.2) is 9.18 Å². The molecule has 0 aromatic heterocycles. The Balaban J connectivity index is 2.04. The van der Waals surface area contributed by atoms with E-state index in [2.05, 4.69) is 0 Å². The predicted molar refractivity (Wildman–Crippen MR) is 75.5 cm³/mol. The second-order valence-electron chi connectivity index (χ2n) is 4.18. The van der Waals surface area contributed by atoms with Crippen molar-refractivity contribution in [2.75, 3.05) is 5.75 Å². The first-order chi connectivity index (χ1) is 9.58. The van der Waals surface area contributed by atoms with Gasteiger partial charge in [0.15, 0.2) is 0 Å². The fourth-order valence-corrected chi connectivity index (χ4v) is 2.61. The van der Waals surface area contributed by atoms with E-state index in [0.29, 0.717) is 10.6 Å². The van der Waals surface area contributed by atoms with Crippen molar-refractivity contribution < 1.29 is 19.4 Å². The summed E-state index contributed by atoms with van der Waals surface area (Å²) in [5.41, 5.74) is 0.435. The Morgan fingerprint density at radius 2 is 1.90 bits per heavy atom. The zero-order valence-corrected chi connectivity index (χ0v) is 11.3. The zero-order chi connectivity index (χ0) is 14.5. The predicted octanol–water partition coefficient (Wildman–Crippen LogP) is 3.35. The van der Waals surface area contributed by atoms with Crippen molar-refractivity contribution in [2.45, 2.75) is 11.0 Å². The Hall–Kier alpha value is -1.85. The van der Waals surface area contributed by atoms with Gasteiger partial charge in [-0.3, -0.25) is 0 Å². The first kappa shape index (κ1) is 14.6. The van der Waals surface area contributed by atoms with Crippen LogP contribution in [0.5, 0.6) is 0 Å². The fourth-order valence-electron chi connectivity index (χ4n) is 1.70. The maximum Gasteiger partial charge on any atom is 0.338 e. The van der Waals surface area contributed by atoms with Crippen LogP contribution >= 0.6 is 11.8 Å². The smallest absolute Gasteiger partial charge is 0.338 e. The molecule has 2 aromatic rings. The Morgan fingerprint density at radius 1 is 1.20 bits per heavy atom. The van der Waals surface area contributed by atoms with Gasteiger partial charge in [-0.15, -0.1) is 11.8 Å². The minimum absolute atomic E-state index is 0.357. The molecule has 0 heterocycles. The molecule has 0 radical (unpaired) electrons. The number of aliphatic hydroxyl groups is 1. The molecule has 0 aliphatic heterocycles. The number of carboxylic acid groups (broad SMARTS) is 1. The Morgan fingerprint density at radius 3 is 2.55 bits per heavy atom. The van der Waals surface area contributed by atoms with Crippen molar-refractivity contribution >= 4 is 17.7 Å². The van der Waals surface area contributed by atoms with Gasteiger partial charge in [0.2, 0.25) is 0 Å². The van der Waals surface area contributed by atoms with Crippen molar-refractivity contribution in [1.82, 2.24) is 0 Å². The van der Waals surface area contributed by atoms with E-state index in [4.69, 9.17) is 5.11 Å². The van der Waals surface area contributed by atoms with Crippen molar-refractivity contribution in [1.29, 1.82) is 0 Å². The summed E-state index contributed by atoms with van der Waals surface area (Å²) < 4.78 is 13.2. The first-order valence-electron chi connectivity index (χ1n) is 5.96. The molecule has 0 amide bonds. The van der Waals surface area contributed by atoms with Crippen LogP contribution in [0.25, 0.3) is 0 Å². The Labute approximate surface area is 120 Å². The third-order valence-electron chi connectivity index (χ3n) is 2.76. The van der Waals surface area contributed by atoms with Gasteiger partial charge in [-0.1, -0.05) is 30.3 Å². The molecular formula is C15H13FO3S. The van der Waals surface area contributed by atoms with Crippen LogP contribution in [0.1, 0.15) is 22.0 Å². The molecule has 5 heteroatoms. The third-order valence-corrected chi connectivity index (χ3v) is 3.83. The average molecular weight is 292 g/mol. The minimum atomic E-state index is -1.30. The minimum Gasteiger partial charge on any atom is -0.478 e. The average Bonchev–Trinajstić information content (AvgIpc) is 2.46. The quantitative estimate of drug-likeness (QED) is 0.830. The summed E-state index contributed by atoms with van der Waals surface area (Å²) in [5, 5.41) is 18.9. The number of hydrogen-bond donors (Lipinski definition) is 2. The van der Waals surface area contributed by atoms with E-state index in [0.717, 1.165) is 11.6 Å². The van der Waals surface area contributed by atoms with Crippen LogP contribution in [0.2, 0.25) is 0 Å². The highest BCUT2D eigenvalue weighted by atomic mass is 32.2. The summed E-state index contributed by atoms with van der Waals surface area (Å²) >= 11 is 1.28. The van der Waals surface area contributed by atoms with Crippen molar-refractivity contribution in [2.24, 2.45) is 0 Å². The van der Waals surface area contributed by atoms with Gasteiger partial charge in [0.25, 0.3) is 0 Å². The van der Waals surface area contributed by atoms with Crippen LogP contribution in [0.4, 0.5) is 4.39 Å². The number of carboxylic acids is 1. The molecule has 2 rings (SSSR count). The van der Waals surface area contributed by atoms with E-state index in [1.807, 2.05) is 30.3 Å². The molecule has 20 heavy (non-hydrogen) atoms. The number of thioether (sulfide) groups is 1. The number of aliphatic hydroxyl groups excluding tert-OH is 1. The number of benzene rings is 2. The molecule has 2 N–H and O–H groups in total. The normalized spacial score (nSPS) is 12.1. The van der Waals surface area contributed by atoms with E-state index in [-0.39, 0.29) is 5.56 Å². The van der Waals surface area contributed by atoms with Gasteiger partial charge in [0, 0.05) is 10.6 Å². The molecule has 1 unspecified atom stereocenters. The van der Waals surface area contributed by atoms with Gasteiger partial charge >= 0.3 is 5.97 Å². The van der Waals surface area contributed by atoms with Gasteiger partial charge in [-0.2, -0.15) is 0 Å². The van der Waals surface area contributed by atoms with Gasteiger partial charge < -0.3 is 10.2 Å². The second-order valence-corrected chi connectivity index (χ2v) is 5.28. The van der Waals surface area contributed by atoms with E-state index in [1.165, 1.54) is 23.9 Å². The van der Waals surface area contributed by atoms with Crippen molar-refractivity contribution in [3.8, 4) is 0 Å². The van der Waals surface area contributed by atoms with E-state index >= 15 is 0 Å². The summed E-state index contributed by atoms with van der Waals surface area (Å²) in [4.78, 5) is 11.4. The first-order valence-corrected chi connectivity index (χ1v) is 6.95. The van der Waals surface area contributed by atoms with Crippen LogP contribution < -0.4 is 0 Å². The molecule has 0 aliphatic rings. The zero-order valence-electron chi connectivity index (χ0n) is 10.5. The molecule has 3 nitrogen and oxygen atoms in total. The highest BCUT2D eigenvalue weighted by Crippen LogP contribution is 2.26. The highest BCUT2D eigenvalue weighted by Gasteiger charge is 2.12. The van der Waals surface area contributed by atoms with Crippen LogP contribution in [-0.4, -0.2) is 21.9 Å². The number of halogens is 1. The summed E-state index contributed by atoms with van der Waals surface area (Å²) in [6.07, 6.45) is -0.653. The molecule has 2 aromatic carbocycles. The lowest BCUT2D eigenvalue weighted by Gasteiger charge is -2.10. The van der Waals surface area contributed by atoms with Crippen LogP contribution in [0, 0.1) is 5.82 Å². The van der Waals surface area contributed by atoms with E-state index in [9.17, 15) is 14.3 Å². The molecule has 104 valence electrons. The lowest BCUT2D eigenvalue weighted by molar-refractivity contribution is 0.0691. The highest BCUT2D eigenvalue weighted by molar-refractivity contribution is 7.99.